The second-order valence-electron chi connectivity index (χ2n) is 5.57. The van der Waals surface area contributed by atoms with Crippen molar-refractivity contribution in [2.45, 2.75) is 45.4 Å². The first-order valence-electron chi connectivity index (χ1n) is 8.26. The van der Waals surface area contributed by atoms with Crippen LogP contribution in [0.4, 0.5) is 5.95 Å². The smallest absolute Gasteiger partial charge is 0.200 e. The van der Waals surface area contributed by atoms with Crippen LogP contribution in [0.1, 0.15) is 45.4 Å². The number of rotatable bonds is 10. The Bertz CT molecular complexity index is 534. The lowest BCUT2D eigenvalue weighted by molar-refractivity contribution is 0.415. The number of ether oxygens (including phenoxy) is 1. The van der Waals surface area contributed by atoms with Gasteiger partial charge in [-0.15, -0.1) is 0 Å². The molecule has 0 aliphatic rings. The Morgan fingerprint density at radius 1 is 1.05 bits per heavy atom. The minimum Gasteiger partial charge on any atom is -0.497 e. The summed E-state index contributed by atoms with van der Waals surface area (Å²) in [6.07, 6.45) is 9.71. The van der Waals surface area contributed by atoms with Gasteiger partial charge in [-0.2, -0.15) is 0 Å². The Labute approximate surface area is 133 Å². The number of unbranched alkanes of at least 4 members (excludes halogenated alkanes) is 5. The van der Waals surface area contributed by atoms with E-state index in [1.54, 1.807) is 7.11 Å². The molecule has 1 aromatic heterocycles. The number of hydrogen-bond acceptors (Lipinski definition) is 3. The summed E-state index contributed by atoms with van der Waals surface area (Å²) in [6, 6.07) is 7.98. The van der Waals surface area contributed by atoms with Crippen molar-refractivity contribution in [1.29, 1.82) is 0 Å². The standard InChI is InChI=1S/C18H27N3O/c1-3-4-5-6-7-8-13-19-18-20-14-17(21-18)15-9-11-16(22-2)12-10-15/h9-12,14H,3-8,13H2,1-2H3,(H2,19,20,21). The maximum Gasteiger partial charge on any atom is 0.200 e. The molecule has 0 bridgehead atoms. The summed E-state index contributed by atoms with van der Waals surface area (Å²) in [4.78, 5) is 7.70. The molecule has 0 amide bonds. The molecule has 4 nitrogen and oxygen atoms in total. The second kappa shape index (κ2) is 9.13. The number of aromatic amines is 1. The average molecular weight is 301 g/mol. The van der Waals surface area contributed by atoms with Gasteiger partial charge in [0.05, 0.1) is 19.0 Å². The predicted octanol–water partition coefficient (Wildman–Crippen LogP) is 4.86. The van der Waals surface area contributed by atoms with Gasteiger partial charge in [-0.1, -0.05) is 39.0 Å². The van der Waals surface area contributed by atoms with Gasteiger partial charge in [-0.05, 0) is 36.2 Å². The van der Waals surface area contributed by atoms with E-state index in [0.29, 0.717) is 0 Å². The van der Waals surface area contributed by atoms with E-state index >= 15 is 0 Å². The van der Waals surface area contributed by atoms with E-state index in [2.05, 4.69) is 22.2 Å². The lowest BCUT2D eigenvalue weighted by Gasteiger charge is -2.03. The fourth-order valence-electron chi connectivity index (χ4n) is 2.44. The number of methoxy groups -OCH3 is 1. The minimum absolute atomic E-state index is 0.847. The minimum atomic E-state index is 0.847. The first-order chi connectivity index (χ1) is 10.8. The molecule has 0 radical (unpaired) electrons. The van der Waals surface area contributed by atoms with Gasteiger partial charge >= 0.3 is 0 Å². The number of anilines is 1. The van der Waals surface area contributed by atoms with E-state index < -0.39 is 0 Å². The summed E-state index contributed by atoms with van der Waals surface area (Å²) in [6.45, 7) is 3.22. The molecule has 0 saturated carbocycles. The van der Waals surface area contributed by atoms with Gasteiger partial charge < -0.3 is 15.0 Å². The zero-order valence-corrected chi connectivity index (χ0v) is 13.7. The van der Waals surface area contributed by atoms with Crippen molar-refractivity contribution in [3.63, 3.8) is 0 Å². The number of benzene rings is 1. The van der Waals surface area contributed by atoms with Gasteiger partial charge in [-0.3, -0.25) is 0 Å². The molecule has 0 spiro atoms. The summed E-state index contributed by atoms with van der Waals surface area (Å²) in [5.74, 6) is 1.71. The highest BCUT2D eigenvalue weighted by Gasteiger charge is 2.03. The van der Waals surface area contributed by atoms with Crippen LogP contribution in [0, 0.1) is 0 Å². The molecule has 2 N–H and O–H groups in total. The molecule has 0 aliphatic carbocycles. The van der Waals surface area contributed by atoms with Gasteiger partial charge in [0.15, 0.2) is 0 Å². The van der Waals surface area contributed by atoms with E-state index in [0.717, 1.165) is 29.5 Å². The third-order valence-corrected chi connectivity index (χ3v) is 3.80. The van der Waals surface area contributed by atoms with Crippen LogP contribution in [-0.4, -0.2) is 23.6 Å². The fourth-order valence-corrected chi connectivity index (χ4v) is 2.44. The summed E-state index contributed by atoms with van der Waals surface area (Å²) in [5.41, 5.74) is 2.13. The molecule has 2 aromatic rings. The monoisotopic (exact) mass is 301 g/mol. The van der Waals surface area contributed by atoms with Crippen molar-refractivity contribution in [3.05, 3.63) is 30.5 Å². The Balaban J connectivity index is 1.74. The van der Waals surface area contributed by atoms with Crippen LogP contribution >= 0.6 is 0 Å². The number of H-pyrrole nitrogens is 1. The van der Waals surface area contributed by atoms with Crippen LogP contribution in [0.25, 0.3) is 11.3 Å². The van der Waals surface area contributed by atoms with Crippen LogP contribution in [-0.2, 0) is 0 Å². The third kappa shape index (κ3) is 5.10. The highest BCUT2D eigenvalue weighted by molar-refractivity contribution is 5.61. The van der Waals surface area contributed by atoms with Crippen molar-refractivity contribution in [2.24, 2.45) is 0 Å². The largest absolute Gasteiger partial charge is 0.497 e. The molecule has 0 saturated heterocycles. The van der Waals surface area contributed by atoms with E-state index in [9.17, 15) is 0 Å². The molecule has 22 heavy (non-hydrogen) atoms. The normalized spacial score (nSPS) is 10.6. The summed E-state index contributed by atoms with van der Waals surface area (Å²) >= 11 is 0. The zero-order valence-electron chi connectivity index (χ0n) is 13.7. The topological polar surface area (TPSA) is 49.9 Å². The number of imidazole rings is 1. The third-order valence-electron chi connectivity index (χ3n) is 3.80. The maximum atomic E-state index is 5.17. The molecule has 4 heteroatoms. The SMILES string of the molecule is CCCCCCCCNc1ncc(-c2ccc(OC)cc2)[nH]1. The molecule has 0 aliphatic heterocycles. The maximum absolute atomic E-state index is 5.17. The lowest BCUT2D eigenvalue weighted by Crippen LogP contribution is -2.02. The van der Waals surface area contributed by atoms with E-state index in [1.807, 2.05) is 30.5 Å². The van der Waals surface area contributed by atoms with Crippen LogP contribution in [0.15, 0.2) is 30.5 Å². The summed E-state index contributed by atoms with van der Waals surface area (Å²) in [7, 11) is 1.68. The molecular formula is C18H27N3O. The molecule has 0 atom stereocenters. The van der Waals surface area contributed by atoms with E-state index in [4.69, 9.17) is 4.74 Å². The van der Waals surface area contributed by atoms with Crippen LogP contribution in [0.2, 0.25) is 0 Å². The summed E-state index contributed by atoms with van der Waals surface area (Å²) < 4.78 is 5.17. The van der Waals surface area contributed by atoms with Crippen LogP contribution in [0.3, 0.4) is 0 Å². The second-order valence-corrected chi connectivity index (χ2v) is 5.57. The Kier molecular flexibility index (Phi) is 6.81. The molecule has 120 valence electrons. The Morgan fingerprint density at radius 3 is 2.50 bits per heavy atom. The molecule has 1 aromatic carbocycles. The number of nitrogens with zero attached hydrogens (tertiary/aromatic N) is 1. The molecule has 0 unspecified atom stereocenters. The van der Waals surface area contributed by atoms with Crippen molar-refractivity contribution < 1.29 is 4.74 Å². The summed E-state index contributed by atoms with van der Waals surface area (Å²) in [5, 5.41) is 3.36. The Morgan fingerprint density at radius 2 is 1.77 bits per heavy atom. The van der Waals surface area contributed by atoms with Crippen molar-refractivity contribution in [3.8, 4) is 17.0 Å². The van der Waals surface area contributed by atoms with Crippen molar-refractivity contribution in [2.75, 3.05) is 19.0 Å². The average Bonchev–Trinajstić information content (AvgIpc) is 3.03. The first kappa shape index (κ1) is 16.4. The van der Waals surface area contributed by atoms with Crippen LogP contribution < -0.4 is 10.1 Å². The van der Waals surface area contributed by atoms with Crippen molar-refractivity contribution in [1.82, 2.24) is 9.97 Å². The molecule has 0 fully saturated rings. The number of hydrogen-bond donors (Lipinski definition) is 2. The molecule has 2 rings (SSSR count). The lowest BCUT2D eigenvalue weighted by atomic mass is 10.1. The Hall–Kier alpha value is -1.97. The van der Waals surface area contributed by atoms with Gasteiger partial charge in [0.2, 0.25) is 5.95 Å². The van der Waals surface area contributed by atoms with Gasteiger partial charge in [-0.25, -0.2) is 4.98 Å². The fraction of sp³-hybridized carbons (Fsp3) is 0.500. The highest BCUT2D eigenvalue weighted by Crippen LogP contribution is 2.21. The van der Waals surface area contributed by atoms with Gasteiger partial charge in [0, 0.05) is 6.54 Å². The quantitative estimate of drug-likeness (QED) is 0.616. The van der Waals surface area contributed by atoms with Crippen molar-refractivity contribution >= 4 is 5.95 Å². The van der Waals surface area contributed by atoms with E-state index in [-0.39, 0.29) is 0 Å². The van der Waals surface area contributed by atoms with Gasteiger partial charge in [0.1, 0.15) is 5.75 Å². The molecule has 1 heterocycles. The zero-order chi connectivity index (χ0) is 15.6. The van der Waals surface area contributed by atoms with Crippen LogP contribution in [0.5, 0.6) is 5.75 Å². The highest BCUT2D eigenvalue weighted by atomic mass is 16.5. The van der Waals surface area contributed by atoms with E-state index in [1.165, 1.54) is 38.5 Å². The number of aromatic nitrogens is 2. The first-order valence-corrected chi connectivity index (χ1v) is 8.26. The van der Waals surface area contributed by atoms with Gasteiger partial charge in [0.25, 0.3) is 0 Å². The number of nitrogens with one attached hydrogen (secondary N) is 2. The molecular weight excluding hydrogens is 274 g/mol. The predicted molar refractivity (Wildman–Crippen MR) is 92.4 cm³/mol.